The van der Waals surface area contributed by atoms with Gasteiger partial charge in [0.15, 0.2) is 0 Å². The van der Waals surface area contributed by atoms with E-state index in [1.54, 1.807) is 12.1 Å². The number of nitro groups is 1. The average Bonchev–Trinajstić information content (AvgIpc) is 2.38. The van der Waals surface area contributed by atoms with Crippen LogP contribution in [0.25, 0.3) is 0 Å². The molecule has 0 aliphatic carbocycles. The van der Waals surface area contributed by atoms with Crippen LogP contribution in [0.1, 0.15) is 5.56 Å². The van der Waals surface area contributed by atoms with Gasteiger partial charge in [0, 0.05) is 17.2 Å². The Morgan fingerprint density at radius 3 is 2.60 bits per heavy atom. The second-order valence-corrected chi connectivity index (χ2v) is 4.32. The van der Waals surface area contributed by atoms with Crippen molar-refractivity contribution in [3.05, 3.63) is 63.2 Å². The number of ether oxygens (including phenoxy) is 1. The molecule has 0 atom stereocenters. The highest BCUT2D eigenvalue weighted by Gasteiger charge is 2.17. The van der Waals surface area contributed by atoms with Gasteiger partial charge in [0.05, 0.1) is 10.5 Å². The zero-order valence-corrected chi connectivity index (χ0v) is 10.9. The van der Waals surface area contributed by atoms with Crippen molar-refractivity contribution in [1.82, 2.24) is 0 Å². The lowest BCUT2D eigenvalue weighted by molar-refractivity contribution is -0.385. The topological polar surface area (TPSA) is 102 Å². The molecule has 0 saturated carbocycles. The minimum atomic E-state index is -0.548. The van der Waals surface area contributed by atoms with Crippen LogP contribution >= 0.6 is 11.6 Å². The summed E-state index contributed by atoms with van der Waals surface area (Å²) in [5, 5.41) is 18.8. The van der Waals surface area contributed by atoms with Crippen LogP contribution in [-0.2, 0) is 0 Å². The SMILES string of the molecule is N=C(N)c1ccc(Cl)cc1Oc1ccccc1[N+](=O)[O-]. The van der Waals surface area contributed by atoms with Gasteiger partial charge in [-0.05, 0) is 18.2 Å². The Kier molecular flexibility index (Phi) is 3.86. The molecule has 6 nitrogen and oxygen atoms in total. The molecule has 102 valence electrons. The molecular formula is C13H10ClN3O3. The molecule has 2 rings (SSSR count). The fourth-order valence-electron chi connectivity index (χ4n) is 1.62. The zero-order chi connectivity index (χ0) is 14.7. The van der Waals surface area contributed by atoms with E-state index < -0.39 is 4.92 Å². The number of nitrogens with one attached hydrogen (secondary N) is 1. The third-order valence-electron chi connectivity index (χ3n) is 2.52. The Hall–Kier alpha value is -2.60. The van der Waals surface area contributed by atoms with Crippen LogP contribution in [0.5, 0.6) is 11.5 Å². The van der Waals surface area contributed by atoms with Gasteiger partial charge in [0.25, 0.3) is 0 Å². The third-order valence-corrected chi connectivity index (χ3v) is 2.75. The molecule has 0 amide bonds. The number of nitrogens with zero attached hydrogens (tertiary/aromatic N) is 1. The predicted octanol–water partition coefficient (Wildman–Crippen LogP) is 3.32. The Labute approximate surface area is 119 Å². The molecular weight excluding hydrogens is 282 g/mol. The predicted molar refractivity (Wildman–Crippen MR) is 75.6 cm³/mol. The van der Waals surface area contributed by atoms with Gasteiger partial charge in [-0.2, -0.15) is 0 Å². The summed E-state index contributed by atoms with van der Waals surface area (Å²) < 4.78 is 5.50. The molecule has 2 aromatic rings. The number of rotatable bonds is 4. The molecule has 0 aliphatic heterocycles. The van der Waals surface area contributed by atoms with Gasteiger partial charge in [-0.1, -0.05) is 23.7 Å². The van der Waals surface area contributed by atoms with E-state index in [1.807, 2.05) is 0 Å². The first kappa shape index (κ1) is 13.8. The monoisotopic (exact) mass is 291 g/mol. The minimum absolute atomic E-state index is 0.0577. The lowest BCUT2D eigenvalue weighted by atomic mass is 10.2. The van der Waals surface area contributed by atoms with E-state index in [4.69, 9.17) is 27.5 Å². The first-order valence-corrected chi connectivity index (χ1v) is 5.92. The molecule has 0 radical (unpaired) electrons. The van der Waals surface area contributed by atoms with E-state index >= 15 is 0 Å². The Morgan fingerprint density at radius 1 is 1.25 bits per heavy atom. The largest absolute Gasteiger partial charge is 0.449 e. The van der Waals surface area contributed by atoms with Crippen LogP contribution in [0, 0.1) is 15.5 Å². The second-order valence-electron chi connectivity index (χ2n) is 3.88. The van der Waals surface area contributed by atoms with E-state index in [0.717, 1.165) is 0 Å². The molecule has 0 saturated heterocycles. The summed E-state index contributed by atoms with van der Waals surface area (Å²) in [6.07, 6.45) is 0. The minimum Gasteiger partial charge on any atom is -0.449 e. The van der Waals surface area contributed by atoms with Crippen molar-refractivity contribution in [2.45, 2.75) is 0 Å². The van der Waals surface area contributed by atoms with E-state index in [1.165, 1.54) is 30.3 Å². The van der Waals surface area contributed by atoms with Gasteiger partial charge in [-0.15, -0.1) is 0 Å². The third kappa shape index (κ3) is 2.86. The van der Waals surface area contributed by atoms with E-state index in [2.05, 4.69) is 0 Å². The molecule has 0 heterocycles. The number of nitro benzene ring substituents is 1. The van der Waals surface area contributed by atoms with Crippen LogP contribution in [0.2, 0.25) is 5.02 Å². The number of nitrogen functional groups attached to an aromatic ring is 1. The molecule has 2 aromatic carbocycles. The van der Waals surface area contributed by atoms with Crippen LogP contribution in [0.15, 0.2) is 42.5 Å². The highest BCUT2D eigenvalue weighted by molar-refractivity contribution is 6.30. The summed E-state index contributed by atoms with van der Waals surface area (Å²) in [5.74, 6) is 0.0387. The van der Waals surface area contributed by atoms with Crippen LogP contribution in [0.3, 0.4) is 0 Å². The Bertz CT molecular complexity index is 688. The van der Waals surface area contributed by atoms with Crippen molar-refractivity contribution in [1.29, 1.82) is 5.41 Å². The summed E-state index contributed by atoms with van der Waals surface area (Å²) >= 11 is 5.86. The Balaban J connectivity index is 2.47. The number of para-hydroxylation sites is 2. The highest BCUT2D eigenvalue weighted by Crippen LogP contribution is 2.33. The van der Waals surface area contributed by atoms with Gasteiger partial charge in [0.1, 0.15) is 11.6 Å². The van der Waals surface area contributed by atoms with Gasteiger partial charge in [0.2, 0.25) is 5.75 Å². The maximum atomic E-state index is 10.9. The van der Waals surface area contributed by atoms with Crippen molar-refractivity contribution in [2.75, 3.05) is 0 Å². The summed E-state index contributed by atoms with van der Waals surface area (Å²) in [6, 6.07) is 10.5. The van der Waals surface area contributed by atoms with Crippen molar-refractivity contribution in [3.8, 4) is 11.5 Å². The van der Waals surface area contributed by atoms with Crippen molar-refractivity contribution in [2.24, 2.45) is 5.73 Å². The molecule has 0 aromatic heterocycles. The van der Waals surface area contributed by atoms with Crippen LogP contribution < -0.4 is 10.5 Å². The number of benzene rings is 2. The fraction of sp³-hybridized carbons (Fsp3) is 0. The number of hydrogen-bond acceptors (Lipinski definition) is 4. The molecule has 20 heavy (non-hydrogen) atoms. The van der Waals surface area contributed by atoms with Crippen molar-refractivity contribution >= 4 is 23.1 Å². The maximum Gasteiger partial charge on any atom is 0.311 e. The summed E-state index contributed by atoms with van der Waals surface area (Å²) in [6.45, 7) is 0. The van der Waals surface area contributed by atoms with Gasteiger partial charge in [-0.3, -0.25) is 15.5 Å². The average molecular weight is 292 g/mol. The number of halogens is 1. The Morgan fingerprint density at radius 2 is 1.95 bits per heavy atom. The first-order valence-electron chi connectivity index (χ1n) is 5.54. The summed E-state index contributed by atoms with van der Waals surface area (Å²) in [7, 11) is 0. The summed E-state index contributed by atoms with van der Waals surface area (Å²) in [4.78, 5) is 10.4. The molecule has 3 N–H and O–H groups in total. The lowest BCUT2D eigenvalue weighted by Crippen LogP contribution is -2.12. The second kappa shape index (κ2) is 5.58. The van der Waals surface area contributed by atoms with Crippen LogP contribution in [-0.4, -0.2) is 10.8 Å². The smallest absolute Gasteiger partial charge is 0.311 e. The van der Waals surface area contributed by atoms with Crippen molar-refractivity contribution < 1.29 is 9.66 Å². The highest BCUT2D eigenvalue weighted by atomic mass is 35.5. The number of hydrogen-bond donors (Lipinski definition) is 2. The quantitative estimate of drug-likeness (QED) is 0.390. The summed E-state index contributed by atoms with van der Waals surface area (Å²) in [5.41, 5.74) is 5.58. The van der Waals surface area contributed by atoms with E-state index in [0.29, 0.717) is 10.6 Å². The molecule has 0 aliphatic rings. The lowest BCUT2D eigenvalue weighted by Gasteiger charge is -2.10. The fourth-order valence-corrected chi connectivity index (χ4v) is 1.78. The van der Waals surface area contributed by atoms with Gasteiger partial charge < -0.3 is 10.5 Å². The zero-order valence-electron chi connectivity index (χ0n) is 10.2. The molecule has 0 spiro atoms. The van der Waals surface area contributed by atoms with E-state index in [9.17, 15) is 10.1 Å². The van der Waals surface area contributed by atoms with Gasteiger partial charge in [-0.25, -0.2) is 0 Å². The standard InChI is InChI=1S/C13H10ClN3O3/c14-8-5-6-9(13(15)16)12(7-8)20-11-4-2-1-3-10(11)17(18)19/h1-7H,(H3,15,16). The molecule has 0 fully saturated rings. The van der Waals surface area contributed by atoms with Crippen LogP contribution in [0.4, 0.5) is 5.69 Å². The molecule has 7 heteroatoms. The number of nitrogens with two attached hydrogens (primary N) is 1. The first-order chi connectivity index (χ1) is 9.49. The van der Waals surface area contributed by atoms with Crippen molar-refractivity contribution in [3.63, 3.8) is 0 Å². The maximum absolute atomic E-state index is 10.9. The number of amidine groups is 1. The normalized spacial score (nSPS) is 10.1. The molecule has 0 bridgehead atoms. The molecule has 0 unspecified atom stereocenters. The van der Waals surface area contributed by atoms with Gasteiger partial charge >= 0.3 is 5.69 Å². The van der Waals surface area contributed by atoms with E-state index in [-0.39, 0.29) is 23.0 Å².